The third-order valence-electron chi connectivity index (χ3n) is 3.42. The average molecular weight is 272 g/mol. The lowest BCUT2D eigenvalue weighted by molar-refractivity contribution is 0.410. The number of hydrogen-bond acceptors (Lipinski definition) is 1. The van der Waals surface area contributed by atoms with Crippen molar-refractivity contribution in [2.45, 2.75) is 32.2 Å². The molecule has 2 rings (SSSR count). The van der Waals surface area contributed by atoms with E-state index in [-0.39, 0.29) is 17.3 Å². The van der Waals surface area contributed by atoms with E-state index in [1.54, 1.807) is 0 Å². The molecule has 0 spiro atoms. The van der Waals surface area contributed by atoms with Gasteiger partial charge in [-0.3, -0.25) is 0 Å². The van der Waals surface area contributed by atoms with Crippen LogP contribution in [0.2, 0.25) is 0 Å². The summed E-state index contributed by atoms with van der Waals surface area (Å²) in [6.45, 7) is 2.02. The van der Waals surface area contributed by atoms with Crippen LogP contribution < -0.4 is 5.73 Å². The first-order valence-corrected chi connectivity index (χ1v) is 6.02. The van der Waals surface area contributed by atoms with Crippen molar-refractivity contribution in [2.75, 3.05) is 0 Å². The minimum atomic E-state index is -0.128. The van der Waals surface area contributed by atoms with Gasteiger partial charge in [0.05, 0.1) is 0 Å². The number of hydrogen-bond donors (Lipinski definition) is 1. The summed E-state index contributed by atoms with van der Waals surface area (Å²) >= 11 is 3.26. The van der Waals surface area contributed by atoms with E-state index in [2.05, 4.69) is 15.9 Å². The van der Waals surface area contributed by atoms with Crippen molar-refractivity contribution in [1.82, 2.24) is 0 Å². The van der Waals surface area contributed by atoms with Crippen LogP contribution in [0.25, 0.3) is 0 Å². The largest absolute Gasteiger partial charge is 0.327 e. The molecule has 0 amide bonds. The molecule has 0 aromatic heterocycles. The van der Waals surface area contributed by atoms with Crippen LogP contribution in [0.4, 0.5) is 4.39 Å². The van der Waals surface area contributed by atoms with Gasteiger partial charge in [0.1, 0.15) is 5.82 Å². The zero-order valence-corrected chi connectivity index (χ0v) is 10.3. The highest BCUT2D eigenvalue weighted by Gasteiger charge is 2.45. The molecular weight excluding hydrogens is 257 g/mol. The summed E-state index contributed by atoms with van der Waals surface area (Å²) < 4.78 is 14.4. The van der Waals surface area contributed by atoms with Crippen LogP contribution in [0.3, 0.4) is 0 Å². The van der Waals surface area contributed by atoms with Gasteiger partial charge >= 0.3 is 0 Å². The fourth-order valence-electron chi connectivity index (χ4n) is 2.00. The molecule has 0 saturated heterocycles. The molecule has 2 N–H and O–H groups in total. The third kappa shape index (κ3) is 2.23. The maximum Gasteiger partial charge on any atom is 0.127 e. The van der Waals surface area contributed by atoms with Crippen LogP contribution in [-0.4, -0.2) is 6.04 Å². The average Bonchev–Trinajstić information content (AvgIpc) is 2.91. The van der Waals surface area contributed by atoms with Crippen LogP contribution in [0.1, 0.15) is 25.3 Å². The van der Waals surface area contributed by atoms with Crippen LogP contribution in [0.15, 0.2) is 22.7 Å². The third-order valence-corrected chi connectivity index (χ3v) is 3.91. The van der Waals surface area contributed by atoms with Crippen LogP contribution in [0, 0.1) is 11.2 Å². The molecule has 1 aliphatic rings. The van der Waals surface area contributed by atoms with Gasteiger partial charge in [0.2, 0.25) is 0 Å². The van der Waals surface area contributed by atoms with Crippen molar-refractivity contribution in [3.05, 3.63) is 34.1 Å². The van der Waals surface area contributed by atoms with Gasteiger partial charge in [-0.15, -0.1) is 0 Å². The molecule has 0 heterocycles. The quantitative estimate of drug-likeness (QED) is 0.898. The summed E-state index contributed by atoms with van der Waals surface area (Å²) in [6.07, 6.45) is 3.02. The lowest BCUT2D eigenvalue weighted by Gasteiger charge is -2.19. The first-order valence-electron chi connectivity index (χ1n) is 5.23. The van der Waals surface area contributed by atoms with Gasteiger partial charge in [-0.2, -0.15) is 0 Å². The molecule has 0 radical (unpaired) electrons. The highest BCUT2D eigenvalue weighted by atomic mass is 79.9. The van der Waals surface area contributed by atoms with Crippen LogP contribution in [0.5, 0.6) is 0 Å². The molecule has 1 atom stereocenters. The Morgan fingerprint density at radius 1 is 1.53 bits per heavy atom. The van der Waals surface area contributed by atoms with E-state index in [9.17, 15) is 4.39 Å². The van der Waals surface area contributed by atoms with E-state index in [1.807, 2.05) is 19.1 Å². The fourth-order valence-corrected chi connectivity index (χ4v) is 2.33. The summed E-state index contributed by atoms with van der Waals surface area (Å²) in [7, 11) is 0. The maximum atomic E-state index is 13.6. The topological polar surface area (TPSA) is 26.0 Å². The maximum absolute atomic E-state index is 13.6. The minimum absolute atomic E-state index is 0.128. The second-order valence-electron chi connectivity index (χ2n) is 4.56. The number of rotatable bonds is 3. The van der Waals surface area contributed by atoms with E-state index >= 15 is 0 Å². The van der Waals surface area contributed by atoms with E-state index in [0.29, 0.717) is 0 Å². The Labute approximate surface area is 98.0 Å². The molecule has 82 valence electrons. The Hall–Kier alpha value is -0.410. The van der Waals surface area contributed by atoms with Gasteiger partial charge in [0.15, 0.2) is 0 Å². The molecule has 0 aliphatic heterocycles. The normalized spacial score (nSPS) is 20.0. The second-order valence-corrected chi connectivity index (χ2v) is 5.48. The van der Waals surface area contributed by atoms with Crippen molar-refractivity contribution in [3.8, 4) is 0 Å². The van der Waals surface area contributed by atoms with E-state index in [1.165, 1.54) is 6.07 Å². The van der Waals surface area contributed by atoms with Gasteiger partial charge in [-0.25, -0.2) is 4.39 Å². The molecule has 1 aromatic rings. The Morgan fingerprint density at radius 2 is 2.20 bits per heavy atom. The summed E-state index contributed by atoms with van der Waals surface area (Å²) in [5.74, 6) is -0.128. The van der Waals surface area contributed by atoms with Crippen LogP contribution >= 0.6 is 15.9 Å². The Bertz CT molecular complexity index is 372. The van der Waals surface area contributed by atoms with Crippen molar-refractivity contribution < 1.29 is 4.39 Å². The molecule has 0 bridgehead atoms. The zero-order valence-electron chi connectivity index (χ0n) is 8.76. The molecule has 1 aromatic carbocycles. The molecule has 1 aliphatic carbocycles. The first kappa shape index (κ1) is 11.1. The van der Waals surface area contributed by atoms with Crippen LogP contribution in [-0.2, 0) is 6.42 Å². The molecule has 1 fully saturated rings. The molecule has 1 unspecified atom stereocenters. The minimum Gasteiger partial charge on any atom is -0.327 e. The van der Waals surface area contributed by atoms with E-state index < -0.39 is 0 Å². The zero-order chi connectivity index (χ0) is 11.1. The predicted molar refractivity (Wildman–Crippen MR) is 63.1 cm³/mol. The van der Waals surface area contributed by atoms with E-state index in [4.69, 9.17) is 5.73 Å². The van der Waals surface area contributed by atoms with Gasteiger partial charge < -0.3 is 5.73 Å². The monoisotopic (exact) mass is 271 g/mol. The smallest absolute Gasteiger partial charge is 0.127 e. The standard InChI is InChI=1S/C12H15BrFN/c1-8(15)12(4-5-12)7-9-2-3-10(13)6-11(9)14/h2-3,6,8H,4-5,7,15H2,1H3. The van der Waals surface area contributed by atoms with Gasteiger partial charge in [0.25, 0.3) is 0 Å². The molecular formula is C12H15BrFN. The lowest BCUT2D eigenvalue weighted by Crippen LogP contribution is -2.30. The molecule has 15 heavy (non-hydrogen) atoms. The first-order chi connectivity index (χ1) is 7.03. The van der Waals surface area contributed by atoms with Gasteiger partial charge in [-0.05, 0) is 49.3 Å². The molecule has 1 nitrogen and oxygen atoms in total. The predicted octanol–water partition coefficient (Wildman–Crippen LogP) is 3.26. The van der Waals surface area contributed by atoms with Crippen molar-refractivity contribution in [1.29, 1.82) is 0 Å². The molecule has 1 saturated carbocycles. The number of nitrogens with two attached hydrogens (primary N) is 1. The molecule has 3 heteroatoms. The number of benzene rings is 1. The Balaban J connectivity index is 2.18. The summed E-state index contributed by atoms with van der Waals surface area (Å²) in [5.41, 5.74) is 6.88. The summed E-state index contributed by atoms with van der Waals surface area (Å²) in [4.78, 5) is 0. The van der Waals surface area contributed by atoms with Crippen molar-refractivity contribution in [2.24, 2.45) is 11.1 Å². The summed E-state index contributed by atoms with van der Waals surface area (Å²) in [5, 5.41) is 0. The SMILES string of the molecule is CC(N)C1(Cc2ccc(Br)cc2F)CC1. The fraction of sp³-hybridized carbons (Fsp3) is 0.500. The highest BCUT2D eigenvalue weighted by Crippen LogP contribution is 2.50. The Morgan fingerprint density at radius 3 is 2.67 bits per heavy atom. The van der Waals surface area contributed by atoms with Crippen molar-refractivity contribution >= 4 is 15.9 Å². The second kappa shape index (κ2) is 3.87. The van der Waals surface area contributed by atoms with Gasteiger partial charge in [-0.1, -0.05) is 22.0 Å². The lowest BCUT2D eigenvalue weighted by atomic mass is 9.90. The number of halogens is 2. The Kier molecular flexibility index (Phi) is 2.86. The van der Waals surface area contributed by atoms with E-state index in [0.717, 1.165) is 29.3 Å². The van der Waals surface area contributed by atoms with Gasteiger partial charge in [0, 0.05) is 10.5 Å². The summed E-state index contributed by atoms with van der Waals surface area (Å²) in [6, 6.07) is 5.41. The highest BCUT2D eigenvalue weighted by molar-refractivity contribution is 9.10. The van der Waals surface area contributed by atoms with Crippen molar-refractivity contribution in [3.63, 3.8) is 0 Å².